The van der Waals surface area contributed by atoms with E-state index < -0.39 is 5.92 Å². The summed E-state index contributed by atoms with van der Waals surface area (Å²) < 4.78 is 0.943. The summed E-state index contributed by atoms with van der Waals surface area (Å²) in [5.74, 6) is -1.27. The number of aromatic nitrogens is 1. The molecule has 1 unspecified atom stereocenters. The fourth-order valence-corrected chi connectivity index (χ4v) is 3.96. The number of thiazole rings is 1. The van der Waals surface area contributed by atoms with E-state index in [4.69, 9.17) is 0 Å². The number of para-hydroxylation sites is 1. The fraction of sp³-hybridized carbons (Fsp3) is 0.158. The van der Waals surface area contributed by atoms with Crippen LogP contribution in [0.25, 0.3) is 10.2 Å². The summed E-state index contributed by atoms with van der Waals surface area (Å²) >= 11 is 1.35. The van der Waals surface area contributed by atoms with Gasteiger partial charge >= 0.3 is 6.03 Å². The summed E-state index contributed by atoms with van der Waals surface area (Å²) in [5, 5.41) is 12.8. The molecule has 1 fully saturated rings. The molecule has 1 atom stereocenters. The number of hydrogen-bond acceptors (Lipinski definition) is 5. The van der Waals surface area contributed by atoms with Crippen molar-refractivity contribution in [2.75, 3.05) is 18.0 Å². The Morgan fingerprint density at radius 2 is 2.12 bits per heavy atom. The lowest BCUT2D eigenvalue weighted by Crippen LogP contribution is -2.27. The minimum Gasteiger partial charge on any atom is -0.336 e. The number of nitrogens with zero attached hydrogens (tertiary/aromatic N) is 3. The molecule has 2 heterocycles. The Kier molecular flexibility index (Phi) is 4.11. The number of carbonyl (C=O) groups is 2. The van der Waals surface area contributed by atoms with Gasteiger partial charge in [0.05, 0.1) is 16.3 Å². The Bertz CT molecular complexity index is 1020. The third-order valence-corrected chi connectivity index (χ3v) is 5.35. The van der Waals surface area contributed by atoms with Crippen molar-refractivity contribution in [2.24, 2.45) is 0 Å². The first-order chi connectivity index (χ1) is 12.7. The number of fused-ring (bicyclic) bond motifs is 1. The Balaban J connectivity index is 1.67. The quantitative estimate of drug-likeness (QED) is 0.722. The summed E-state index contributed by atoms with van der Waals surface area (Å²) in [4.78, 5) is 30.8. The van der Waals surface area contributed by atoms with Crippen molar-refractivity contribution in [3.05, 3.63) is 59.1 Å². The predicted octanol–water partition coefficient (Wildman–Crippen LogP) is 3.32. The molecule has 0 aliphatic carbocycles. The summed E-state index contributed by atoms with van der Waals surface area (Å²) in [6, 6.07) is 16.3. The number of carbonyl (C=O) groups excluding carboxylic acids is 2. The van der Waals surface area contributed by atoms with Crippen LogP contribution in [0.5, 0.6) is 0 Å². The van der Waals surface area contributed by atoms with E-state index in [0.717, 1.165) is 10.2 Å². The zero-order chi connectivity index (χ0) is 18.1. The molecule has 128 valence electrons. The smallest absolute Gasteiger partial charge is 0.321 e. The molecule has 0 spiro atoms. The first kappa shape index (κ1) is 16.2. The lowest BCUT2D eigenvalue weighted by atomic mass is 9.99. The van der Waals surface area contributed by atoms with Crippen LogP contribution >= 0.6 is 11.3 Å². The van der Waals surface area contributed by atoms with Gasteiger partial charge in [-0.2, -0.15) is 5.26 Å². The summed E-state index contributed by atoms with van der Waals surface area (Å²) in [6.07, 6.45) is 0. The van der Waals surface area contributed by atoms with Crippen molar-refractivity contribution >= 4 is 39.1 Å². The Morgan fingerprint density at radius 1 is 1.27 bits per heavy atom. The van der Waals surface area contributed by atoms with Gasteiger partial charge in [0.25, 0.3) is 0 Å². The third kappa shape index (κ3) is 2.80. The number of nitriles is 1. The van der Waals surface area contributed by atoms with Gasteiger partial charge in [0.2, 0.25) is 0 Å². The average Bonchev–Trinajstić information content (AvgIpc) is 3.28. The second kappa shape index (κ2) is 6.58. The SMILES string of the molecule is N#CC(C(=O)c1cccc(N2CCNC2=O)c1)c1nc2ccccc2s1. The molecule has 2 aromatic carbocycles. The zero-order valence-corrected chi connectivity index (χ0v) is 14.5. The molecular weight excluding hydrogens is 348 g/mol. The molecule has 2 amide bonds. The van der Waals surface area contributed by atoms with Crippen LogP contribution in [0.4, 0.5) is 10.5 Å². The van der Waals surface area contributed by atoms with E-state index in [-0.39, 0.29) is 11.8 Å². The van der Waals surface area contributed by atoms with Gasteiger partial charge in [-0.25, -0.2) is 9.78 Å². The second-order valence-corrected chi connectivity index (χ2v) is 6.94. The van der Waals surface area contributed by atoms with E-state index in [1.54, 1.807) is 29.2 Å². The zero-order valence-electron chi connectivity index (χ0n) is 13.7. The summed E-state index contributed by atoms with van der Waals surface area (Å²) in [5.41, 5.74) is 1.82. The Morgan fingerprint density at radius 3 is 2.85 bits per heavy atom. The van der Waals surface area contributed by atoms with E-state index in [0.29, 0.717) is 29.3 Å². The van der Waals surface area contributed by atoms with E-state index >= 15 is 0 Å². The minimum atomic E-state index is -0.963. The normalized spacial score (nSPS) is 14.9. The van der Waals surface area contributed by atoms with E-state index in [1.807, 2.05) is 24.3 Å². The molecule has 6 nitrogen and oxygen atoms in total. The van der Waals surface area contributed by atoms with Crippen LogP contribution in [0.2, 0.25) is 0 Å². The largest absolute Gasteiger partial charge is 0.336 e. The first-order valence-corrected chi connectivity index (χ1v) is 8.94. The molecule has 3 aromatic rings. The van der Waals surface area contributed by atoms with Gasteiger partial charge in [0.15, 0.2) is 11.7 Å². The number of anilines is 1. The molecule has 1 N–H and O–H groups in total. The summed E-state index contributed by atoms with van der Waals surface area (Å²) in [7, 11) is 0. The molecule has 7 heteroatoms. The van der Waals surface area contributed by atoms with Crippen molar-refractivity contribution in [1.29, 1.82) is 5.26 Å². The molecular formula is C19H14N4O2S. The maximum Gasteiger partial charge on any atom is 0.321 e. The molecule has 1 aromatic heterocycles. The van der Waals surface area contributed by atoms with Crippen molar-refractivity contribution in [1.82, 2.24) is 10.3 Å². The molecule has 0 saturated carbocycles. The molecule has 0 radical (unpaired) electrons. The van der Waals surface area contributed by atoms with Crippen LogP contribution in [-0.4, -0.2) is 29.9 Å². The number of hydrogen-bond donors (Lipinski definition) is 1. The van der Waals surface area contributed by atoms with Gasteiger partial charge < -0.3 is 5.32 Å². The molecule has 1 aliphatic heterocycles. The maximum absolute atomic E-state index is 12.9. The third-order valence-electron chi connectivity index (χ3n) is 4.25. The Hall–Kier alpha value is -3.24. The van der Waals surface area contributed by atoms with Crippen molar-refractivity contribution in [3.8, 4) is 6.07 Å². The molecule has 26 heavy (non-hydrogen) atoms. The van der Waals surface area contributed by atoms with Gasteiger partial charge in [-0.15, -0.1) is 11.3 Å². The highest BCUT2D eigenvalue weighted by Gasteiger charge is 2.27. The van der Waals surface area contributed by atoms with Crippen molar-refractivity contribution < 1.29 is 9.59 Å². The lowest BCUT2D eigenvalue weighted by molar-refractivity contribution is 0.0979. The number of nitrogens with one attached hydrogen (secondary N) is 1. The lowest BCUT2D eigenvalue weighted by Gasteiger charge is -2.15. The van der Waals surface area contributed by atoms with Gasteiger partial charge in [-0.05, 0) is 24.3 Å². The standard InChI is InChI=1S/C19H14N4O2S/c20-11-14(18-22-15-6-1-2-7-16(15)26-18)17(24)12-4-3-5-13(10-12)23-9-8-21-19(23)25/h1-7,10,14H,8-9H2,(H,21,25). The highest BCUT2D eigenvalue weighted by Crippen LogP contribution is 2.30. The molecule has 0 bridgehead atoms. The number of urea groups is 1. The number of amides is 2. The topological polar surface area (TPSA) is 86.1 Å². The molecule has 4 rings (SSSR count). The van der Waals surface area contributed by atoms with Gasteiger partial charge in [0.1, 0.15) is 5.01 Å². The van der Waals surface area contributed by atoms with Crippen LogP contribution in [0.1, 0.15) is 21.3 Å². The highest BCUT2D eigenvalue weighted by atomic mass is 32.1. The first-order valence-electron chi connectivity index (χ1n) is 8.12. The number of ketones is 1. The second-order valence-electron chi connectivity index (χ2n) is 5.88. The van der Waals surface area contributed by atoms with E-state index in [9.17, 15) is 14.9 Å². The van der Waals surface area contributed by atoms with Crippen molar-refractivity contribution in [3.63, 3.8) is 0 Å². The van der Waals surface area contributed by atoms with Crippen LogP contribution in [-0.2, 0) is 0 Å². The number of Topliss-reactive ketones (excluding diaryl/α,β-unsaturated/α-hetero) is 1. The molecule has 1 aliphatic rings. The predicted molar refractivity (Wildman–Crippen MR) is 99.5 cm³/mol. The molecule has 1 saturated heterocycles. The van der Waals surface area contributed by atoms with E-state index in [1.165, 1.54) is 11.3 Å². The highest BCUT2D eigenvalue weighted by molar-refractivity contribution is 7.18. The van der Waals surface area contributed by atoms with Crippen LogP contribution in [0.3, 0.4) is 0 Å². The van der Waals surface area contributed by atoms with Crippen LogP contribution in [0, 0.1) is 11.3 Å². The maximum atomic E-state index is 12.9. The average molecular weight is 362 g/mol. The monoisotopic (exact) mass is 362 g/mol. The van der Waals surface area contributed by atoms with Gasteiger partial charge in [-0.1, -0.05) is 24.3 Å². The van der Waals surface area contributed by atoms with E-state index in [2.05, 4.69) is 16.4 Å². The number of rotatable bonds is 4. The minimum absolute atomic E-state index is 0.183. The van der Waals surface area contributed by atoms with Gasteiger partial charge in [0, 0.05) is 24.3 Å². The van der Waals surface area contributed by atoms with Crippen LogP contribution < -0.4 is 10.2 Å². The number of benzene rings is 2. The Labute approximate surface area is 153 Å². The van der Waals surface area contributed by atoms with Gasteiger partial charge in [-0.3, -0.25) is 9.69 Å². The fourth-order valence-electron chi connectivity index (χ4n) is 2.95. The summed E-state index contributed by atoms with van der Waals surface area (Å²) in [6.45, 7) is 1.12. The van der Waals surface area contributed by atoms with Crippen LogP contribution in [0.15, 0.2) is 48.5 Å². The van der Waals surface area contributed by atoms with Crippen molar-refractivity contribution in [2.45, 2.75) is 5.92 Å².